The first-order valence-electron chi connectivity index (χ1n) is 10.1. The fraction of sp³-hybridized carbons (Fsp3) is 0.208. The van der Waals surface area contributed by atoms with Gasteiger partial charge in [-0.2, -0.15) is 5.10 Å². The predicted molar refractivity (Wildman–Crippen MR) is 114 cm³/mol. The van der Waals surface area contributed by atoms with Crippen molar-refractivity contribution in [1.29, 1.82) is 0 Å². The number of carbonyl (C=O) groups is 1. The van der Waals surface area contributed by atoms with Gasteiger partial charge in [0.2, 0.25) is 0 Å². The van der Waals surface area contributed by atoms with Gasteiger partial charge < -0.3 is 10.4 Å². The van der Waals surface area contributed by atoms with Gasteiger partial charge in [-0.1, -0.05) is 54.6 Å². The molecule has 2 heterocycles. The average molecular weight is 398 g/mol. The molecule has 0 saturated heterocycles. The maximum atomic E-state index is 13.2. The van der Waals surface area contributed by atoms with Crippen LogP contribution in [-0.4, -0.2) is 32.9 Å². The molecule has 0 radical (unpaired) electrons. The zero-order chi connectivity index (χ0) is 20.5. The Labute approximate surface area is 174 Å². The molecule has 30 heavy (non-hydrogen) atoms. The zero-order valence-corrected chi connectivity index (χ0v) is 16.3. The van der Waals surface area contributed by atoms with Gasteiger partial charge in [-0.15, -0.1) is 0 Å². The van der Waals surface area contributed by atoms with E-state index in [1.807, 2.05) is 42.5 Å². The summed E-state index contributed by atoms with van der Waals surface area (Å²) < 4.78 is 0. The number of phenolic OH excluding ortho intramolecular Hbond substituents is 1. The minimum Gasteiger partial charge on any atom is -0.508 e. The third kappa shape index (κ3) is 3.52. The Morgan fingerprint density at radius 1 is 1.03 bits per heavy atom. The Morgan fingerprint density at radius 2 is 1.83 bits per heavy atom. The van der Waals surface area contributed by atoms with Crippen LogP contribution < -0.4 is 5.32 Å². The van der Waals surface area contributed by atoms with Crippen LogP contribution in [0, 0.1) is 0 Å². The molecule has 2 N–H and O–H groups in total. The van der Waals surface area contributed by atoms with Gasteiger partial charge in [0.05, 0.1) is 11.8 Å². The summed E-state index contributed by atoms with van der Waals surface area (Å²) >= 11 is 0. The van der Waals surface area contributed by atoms with Crippen molar-refractivity contribution in [3.8, 4) is 5.75 Å². The van der Waals surface area contributed by atoms with Crippen molar-refractivity contribution in [1.82, 2.24) is 15.3 Å². The van der Waals surface area contributed by atoms with Crippen LogP contribution in [0.2, 0.25) is 0 Å². The minimum atomic E-state index is -0.365. The van der Waals surface area contributed by atoms with E-state index in [2.05, 4.69) is 27.5 Å². The number of para-hydroxylation sites is 1. The molecule has 1 aromatic heterocycles. The third-order valence-electron chi connectivity index (χ3n) is 5.74. The monoisotopic (exact) mass is 398 g/mol. The van der Waals surface area contributed by atoms with E-state index in [4.69, 9.17) is 0 Å². The minimum absolute atomic E-state index is 0.0996. The van der Waals surface area contributed by atoms with Crippen LogP contribution in [-0.2, 0) is 0 Å². The first kappa shape index (κ1) is 18.4. The molecule has 6 heteroatoms. The summed E-state index contributed by atoms with van der Waals surface area (Å²) in [5.41, 5.74) is 3.58. The maximum Gasteiger partial charge on any atom is 0.338 e. The number of nitrogens with one attached hydrogen (secondary N) is 1. The van der Waals surface area contributed by atoms with E-state index >= 15 is 0 Å². The van der Waals surface area contributed by atoms with Crippen molar-refractivity contribution >= 4 is 11.7 Å². The molecule has 1 saturated carbocycles. The summed E-state index contributed by atoms with van der Waals surface area (Å²) in [6.45, 7) is 0. The highest BCUT2D eigenvalue weighted by Gasteiger charge is 2.42. The Balaban J connectivity index is 1.39. The number of hydrazone groups is 1. The number of carbonyl (C=O) groups excluding carboxylic acids is 1. The normalized spacial score (nSPS) is 22.5. The van der Waals surface area contributed by atoms with Crippen molar-refractivity contribution in [3.63, 3.8) is 0 Å². The molecule has 3 aromatic rings. The lowest BCUT2D eigenvalue weighted by atomic mass is 9.98. The molecule has 1 aliphatic carbocycles. The molecule has 5 rings (SSSR count). The molecule has 2 aliphatic rings. The molecule has 3 atom stereocenters. The maximum absolute atomic E-state index is 13.2. The van der Waals surface area contributed by atoms with Crippen molar-refractivity contribution in [3.05, 3.63) is 95.8 Å². The Bertz CT molecular complexity index is 1080. The van der Waals surface area contributed by atoms with Crippen LogP contribution in [0.1, 0.15) is 41.5 Å². The Hall–Kier alpha value is -3.67. The SMILES string of the molecule is O=C(N[C@@H]1C[C@H]1c1ccccc1)N1N=C(c2cccnc2)CC1c1ccccc1O. The van der Waals surface area contributed by atoms with E-state index in [0.717, 1.165) is 17.7 Å². The van der Waals surface area contributed by atoms with Crippen molar-refractivity contribution in [2.75, 3.05) is 0 Å². The van der Waals surface area contributed by atoms with Gasteiger partial charge in [0.25, 0.3) is 0 Å². The molecule has 0 spiro atoms. The van der Waals surface area contributed by atoms with E-state index in [1.54, 1.807) is 24.5 Å². The van der Waals surface area contributed by atoms with Crippen LogP contribution >= 0.6 is 0 Å². The number of hydrogen-bond donors (Lipinski definition) is 2. The van der Waals surface area contributed by atoms with Crippen molar-refractivity contribution in [2.45, 2.75) is 30.8 Å². The fourth-order valence-electron chi connectivity index (χ4n) is 4.07. The summed E-state index contributed by atoms with van der Waals surface area (Å²) in [4.78, 5) is 17.3. The van der Waals surface area contributed by atoms with E-state index < -0.39 is 0 Å². The first-order chi connectivity index (χ1) is 14.7. The van der Waals surface area contributed by atoms with Gasteiger partial charge in [0.1, 0.15) is 5.75 Å². The Morgan fingerprint density at radius 3 is 2.60 bits per heavy atom. The van der Waals surface area contributed by atoms with Crippen LogP contribution in [0.25, 0.3) is 0 Å². The molecule has 1 fully saturated rings. The van der Waals surface area contributed by atoms with E-state index in [-0.39, 0.29) is 23.9 Å². The lowest BCUT2D eigenvalue weighted by Gasteiger charge is -2.23. The number of benzene rings is 2. The summed E-state index contributed by atoms with van der Waals surface area (Å²) in [7, 11) is 0. The third-order valence-corrected chi connectivity index (χ3v) is 5.74. The van der Waals surface area contributed by atoms with Gasteiger partial charge in [-0.05, 0) is 24.1 Å². The number of aromatic hydroxyl groups is 1. The second-order valence-electron chi connectivity index (χ2n) is 7.72. The van der Waals surface area contributed by atoms with Crippen molar-refractivity contribution in [2.24, 2.45) is 5.10 Å². The largest absolute Gasteiger partial charge is 0.508 e. The van der Waals surface area contributed by atoms with Gasteiger partial charge in [-0.25, -0.2) is 9.80 Å². The highest BCUT2D eigenvalue weighted by Crippen LogP contribution is 2.42. The highest BCUT2D eigenvalue weighted by atomic mass is 16.3. The van der Waals surface area contributed by atoms with Gasteiger partial charge >= 0.3 is 6.03 Å². The molecule has 2 aromatic carbocycles. The second-order valence-corrected chi connectivity index (χ2v) is 7.72. The summed E-state index contributed by atoms with van der Waals surface area (Å²) in [6, 6.07) is 20.6. The Kier molecular flexibility index (Phi) is 4.67. The van der Waals surface area contributed by atoms with Gasteiger partial charge in [0, 0.05) is 41.9 Å². The molecular formula is C24H22N4O2. The smallest absolute Gasteiger partial charge is 0.338 e. The molecule has 150 valence electrons. The second kappa shape index (κ2) is 7.63. The zero-order valence-electron chi connectivity index (χ0n) is 16.3. The quantitative estimate of drug-likeness (QED) is 0.691. The highest BCUT2D eigenvalue weighted by molar-refractivity contribution is 6.03. The number of rotatable bonds is 4. The fourth-order valence-corrected chi connectivity index (χ4v) is 4.07. The first-order valence-corrected chi connectivity index (χ1v) is 10.1. The van der Waals surface area contributed by atoms with E-state index in [0.29, 0.717) is 17.9 Å². The number of hydrogen-bond acceptors (Lipinski definition) is 4. The van der Waals surface area contributed by atoms with Crippen LogP contribution in [0.5, 0.6) is 5.75 Å². The number of amides is 2. The molecule has 2 amide bonds. The topological polar surface area (TPSA) is 77.8 Å². The number of urea groups is 1. The van der Waals surface area contributed by atoms with E-state index in [9.17, 15) is 9.90 Å². The molecule has 6 nitrogen and oxygen atoms in total. The van der Waals surface area contributed by atoms with Gasteiger partial charge in [0.15, 0.2) is 0 Å². The van der Waals surface area contributed by atoms with Crippen LogP contribution in [0.4, 0.5) is 4.79 Å². The molecular weight excluding hydrogens is 376 g/mol. The summed E-state index contributed by atoms with van der Waals surface area (Å²) in [5, 5.41) is 19.6. The van der Waals surface area contributed by atoms with Crippen molar-refractivity contribution < 1.29 is 9.90 Å². The standard InChI is InChI=1S/C24H22N4O2/c29-23-11-5-4-10-18(23)22-14-20(17-9-6-12-25-15-17)27-28(22)24(30)26-21-13-19(21)16-7-2-1-3-8-16/h1-12,15,19,21-22,29H,13-14H2,(H,26,30)/t19-,21+,22?/m0/s1. The molecule has 1 unspecified atom stereocenters. The predicted octanol–water partition coefficient (Wildman–Crippen LogP) is 4.20. The average Bonchev–Trinajstić information content (AvgIpc) is 3.41. The molecule has 0 bridgehead atoms. The number of aromatic nitrogens is 1. The van der Waals surface area contributed by atoms with Gasteiger partial charge in [-0.3, -0.25) is 4.98 Å². The number of nitrogens with zero attached hydrogens (tertiary/aromatic N) is 3. The van der Waals surface area contributed by atoms with Crippen LogP contribution in [0.15, 0.2) is 84.2 Å². The lowest BCUT2D eigenvalue weighted by molar-refractivity contribution is 0.184. The lowest BCUT2D eigenvalue weighted by Crippen LogP contribution is -2.38. The van der Waals surface area contributed by atoms with E-state index in [1.165, 1.54) is 10.6 Å². The summed E-state index contributed by atoms with van der Waals surface area (Å²) in [6.07, 6.45) is 4.89. The summed E-state index contributed by atoms with van der Waals surface area (Å²) in [5.74, 6) is 0.500. The van der Waals surface area contributed by atoms with Crippen LogP contribution in [0.3, 0.4) is 0 Å². The molecule has 1 aliphatic heterocycles. The number of phenols is 1. The number of pyridine rings is 1.